The van der Waals surface area contributed by atoms with Crippen LogP contribution >= 0.6 is 0 Å². The van der Waals surface area contributed by atoms with E-state index >= 15 is 0 Å². The van der Waals surface area contributed by atoms with Crippen LogP contribution in [0.15, 0.2) is 48.5 Å². The van der Waals surface area contributed by atoms with Crippen molar-refractivity contribution in [3.63, 3.8) is 0 Å². The van der Waals surface area contributed by atoms with E-state index in [2.05, 4.69) is 10.6 Å². The summed E-state index contributed by atoms with van der Waals surface area (Å²) in [6.45, 7) is 4.62. The largest absolute Gasteiger partial charge is 0.483 e. The van der Waals surface area contributed by atoms with Crippen molar-refractivity contribution in [2.75, 3.05) is 19.7 Å². The molecule has 0 saturated heterocycles. The minimum Gasteiger partial charge on any atom is -0.483 e. The number of rotatable bonds is 8. The van der Waals surface area contributed by atoms with Gasteiger partial charge in [-0.3, -0.25) is 9.59 Å². The van der Waals surface area contributed by atoms with E-state index in [9.17, 15) is 9.59 Å². The lowest BCUT2D eigenvalue weighted by molar-refractivity contribution is -0.123. The normalized spacial score (nSPS) is 10.2. The van der Waals surface area contributed by atoms with Crippen LogP contribution in [-0.4, -0.2) is 31.5 Å². The molecule has 5 nitrogen and oxygen atoms in total. The van der Waals surface area contributed by atoms with Gasteiger partial charge in [0.15, 0.2) is 6.61 Å². The molecular weight excluding hydrogens is 316 g/mol. The number of hydrogen-bond donors (Lipinski definition) is 2. The maximum atomic E-state index is 12.0. The zero-order valence-electron chi connectivity index (χ0n) is 14.7. The van der Waals surface area contributed by atoms with E-state index in [-0.39, 0.29) is 18.4 Å². The summed E-state index contributed by atoms with van der Waals surface area (Å²) in [4.78, 5) is 23.9. The third kappa shape index (κ3) is 5.64. The molecule has 2 amide bonds. The van der Waals surface area contributed by atoms with Crippen LogP contribution in [0.1, 0.15) is 28.4 Å². The molecule has 0 unspecified atom stereocenters. The highest BCUT2D eigenvalue weighted by Gasteiger charge is 2.08. The Labute approximate surface area is 148 Å². The first-order valence-electron chi connectivity index (χ1n) is 8.43. The molecule has 2 aromatic rings. The van der Waals surface area contributed by atoms with E-state index in [1.54, 1.807) is 6.07 Å². The third-order valence-corrected chi connectivity index (χ3v) is 3.83. The summed E-state index contributed by atoms with van der Waals surface area (Å²) >= 11 is 0. The third-order valence-electron chi connectivity index (χ3n) is 3.83. The zero-order valence-corrected chi connectivity index (χ0v) is 14.7. The molecule has 0 saturated carbocycles. The molecule has 2 rings (SSSR count). The second kappa shape index (κ2) is 9.47. The second-order valence-corrected chi connectivity index (χ2v) is 5.67. The number of nitrogens with one attached hydrogen (secondary N) is 2. The number of para-hydroxylation sites is 1. The van der Waals surface area contributed by atoms with Gasteiger partial charge in [-0.1, -0.05) is 43.3 Å². The first kappa shape index (κ1) is 18.5. The Balaban J connectivity index is 1.69. The molecule has 0 aromatic heterocycles. The molecule has 0 heterocycles. The van der Waals surface area contributed by atoms with E-state index in [0.29, 0.717) is 18.7 Å². The molecule has 0 aliphatic carbocycles. The summed E-state index contributed by atoms with van der Waals surface area (Å²) in [5.74, 6) is 0.379. The van der Waals surface area contributed by atoms with Crippen LogP contribution in [-0.2, 0) is 11.2 Å². The summed E-state index contributed by atoms with van der Waals surface area (Å²) < 4.78 is 5.55. The molecule has 25 heavy (non-hydrogen) atoms. The highest BCUT2D eigenvalue weighted by Crippen LogP contribution is 2.17. The van der Waals surface area contributed by atoms with Crippen LogP contribution in [0.5, 0.6) is 5.75 Å². The quantitative estimate of drug-likeness (QED) is 0.726. The van der Waals surface area contributed by atoms with E-state index in [4.69, 9.17) is 4.74 Å². The predicted octanol–water partition coefficient (Wildman–Crippen LogP) is 2.48. The van der Waals surface area contributed by atoms with E-state index in [1.165, 1.54) is 0 Å². The Bertz CT molecular complexity index is 728. The van der Waals surface area contributed by atoms with Crippen molar-refractivity contribution in [2.24, 2.45) is 0 Å². The molecule has 0 atom stereocenters. The topological polar surface area (TPSA) is 67.4 Å². The molecule has 0 aliphatic heterocycles. The van der Waals surface area contributed by atoms with Crippen LogP contribution in [0, 0.1) is 6.92 Å². The first-order chi connectivity index (χ1) is 12.1. The summed E-state index contributed by atoms with van der Waals surface area (Å²) in [5, 5.41) is 5.53. The molecule has 0 radical (unpaired) electrons. The lowest BCUT2D eigenvalue weighted by Crippen LogP contribution is -2.37. The fraction of sp³-hybridized carbons (Fsp3) is 0.300. The standard InChI is InChI=1S/C20H24N2O3/c1-3-16-9-5-7-11-18(16)25-14-19(23)21-12-13-22-20(24)17-10-6-4-8-15(17)2/h4-11H,3,12-14H2,1-2H3,(H,21,23)(H,22,24). The fourth-order valence-corrected chi connectivity index (χ4v) is 2.43. The number of carbonyl (C=O) groups excluding carboxylic acids is 2. The minimum atomic E-state index is -0.212. The smallest absolute Gasteiger partial charge is 0.258 e. The van der Waals surface area contributed by atoms with Gasteiger partial charge in [-0.25, -0.2) is 0 Å². The first-order valence-corrected chi connectivity index (χ1v) is 8.43. The molecule has 2 aromatic carbocycles. The van der Waals surface area contributed by atoms with Gasteiger partial charge in [-0.05, 0) is 36.6 Å². The molecule has 2 N–H and O–H groups in total. The Kier molecular flexibility index (Phi) is 7.01. The van der Waals surface area contributed by atoms with Crippen LogP contribution in [0.4, 0.5) is 0 Å². The van der Waals surface area contributed by atoms with Crippen molar-refractivity contribution in [1.82, 2.24) is 10.6 Å². The number of benzene rings is 2. The number of hydrogen-bond acceptors (Lipinski definition) is 3. The summed E-state index contributed by atoms with van der Waals surface area (Å²) in [6.07, 6.45) is 0.850. The van der Waals surface area contributed by atoms with E-state index in [1.807, 2.05) is 56.3 Å². The predicted molar refractivity (Wildman–Crippen MR) is 97.8 cm³/mol. The molecule has 5 heteroatoms. The van der Waals surface area contributed by atoms with Gasteiger partial charge in [0, 0.05) is 18.7 Å². The van der Waals surface area contributed by atoms with Crippen molar-refractivity contribution in [3.8, 4) is 5.75 Å². The van der Waals surface area contributed by atoms with Crippen LogP contribution in [0.2, 0.25) is 0 Å². The lowest BCUT2D eigenvalue weighted by Gasteiger charge is -2.11. The molecule has 0 bridgehead atoms. The van der Waals surface area contributed by atoms with Gasteiger partial charge in [0.05, 0.1) is 0 Å². The van der Waals surface area contributed by atoms with E-state index < -0.39 is 0 Å². The van der Waals surface area contributed by atoms with Crippen molar-refractivity contribution >= 4 is 11.8 Å². The van der Waals surface area contributed by atoms with Crippen LogP contribution in [0.25, 0.3) is 0 Å². The van der Waals surface area contributed by atoms with Gasteiger partial charge in [0.25, 0.3) is 11.8 Å². The Morgan fingerprint density at radius 1 is 0.960 bits per heavy atom. The summed E-state index contributed by atoms with van der Waals surface area (Å²) in [6, 6.07) is 15.1. The van der Waals surface area contributed by atoms with Crippen molar-refractivity contribution in [3.05, 3.63) is 65.2 Å². The second-order valence-electron chi connectivity index (χ2n) is 5.67. The van der Waals surface area contributed by atoms with Crippen molar-refractivity contribution in [2.45, 2.75) is 20.3 Å². The Morgan fingerprint density at radius 3 is 2.40 bits per heavy atom. The summed E-state index contributed by atoms with van der Waals surface area (Å²) in [5.41, 5.74) is 2.64. The fourth-order valence-electron chi connectivity index (χ4n) is 2.43. The number of carbonyl (C=O) groups is 2. The van der Waals surface area contributed by atoms with Gasteiger partial charge in [0.1, 0.15) is 5.75 Å². The van der Waals surface area contributed by atoms with Gasteiger partial charge >= 0.3 is 0 Å². The Morgan fingerprint density at radius 2 is 1.64 bits per heavy atom. The van der Waals surface area contributed by atoms with Crippen LogP contribution in [0.3, 0.4) is 0 Å². The maximum absolute atomic E-state index is 12.0. The van der Waals surface area contributed by atoms with Gasteiger partial charge in [-0.2, -0.15) is 0 Å². The molecule has 132 valence electrons. The molecule has 0 fully saturated rings. The van der Waals surface area contributed by atoms with Gasteiger partial charge in [-0.15, -0.1) is 0 Å². The van der Waals surface area contributed by atoms with E-state index in [0.717, 1.165) is 23.3 Å². The van der Waals surface area contributed by atoms with Crippen molar-refractivity contribution in [1.29, 1.82) is 0 Å². The Hall–Kier alpha value is -2.82. The highest BCUT2D eigenvalue weighted by molar-refractivity contribution is 5.95. The van der Waals surface area contributed by atoms with Gasteiger partial charge in [0.2, 0.25) is 0 Å². The van der Waals surface area contributed by atoms with Crippen molar-refractivity contribution < 1.29 is 14.3 Å². The minimum absolute atomic E-state index is 0.0389. The lowest BCUT2D eigenvalue weighted by atomic mass is 10.1. The number of amides is 2. The van der Waals surface area contributed by atoms with Gasteiger partial charge < -0.3 is 15.4 Å². The average molecular weight is 340 g/mol. The van der Waals surface area contributed by atoms with Crippen LogP contribution < -0.4 is 15.4 Å². The maximum Gasteiger partial charge on any atom is 0.258 e. The molecule has 0 spiro atoms. The SMILES string of the molecule is CCc1ccccc1OCC(=O)NCCNC(=O)c1ccccc1C. The molecule has 0 aliphatic rings. The zero-order chi connectivity index (χ0) is 18.1. The average Bonchev–Trinajstić information content (AvgIpc) is 2.64. The number of aryl methyl sites for hydroxylation is 2. The molecular formula is C20H24N2O3. The highest BCUT2D eigenvalue weighted by atomic mass is 16.5. The summed E-state index contributed by atoms with van der Waals surface area (Å²) in [7, 11) is 0. The monoisotopic (exact) mass is 340 g/mol. The number of ether oxygens (including phenoxy) is 1.